The van der Waals surface area contributed by atoms with Gasteiger partial charge in [0, 0.05) is 6.42 Å². The molecule has 130 valence electrons. The molecule has 0 saturated carbocycles. The molecule has 24 heavy (non-hydrogen) atoms. The number of nitrogens with zero attached hydrogens (tertiary/aromatic N) is 1. The first-order chi connectivity index (χ1) is 11.2. The third-order valence-corrected chi connectivity index (χ3v) is 5.15. The van der Waals surface area contributed by atoms with E-state index in [1.165, 1.54) is 0 Å². The van der Waals surface area contributed by atoms with Gasteiger partial charge in [-0.05, 0) is 20.3 Å². The fraction of sp³-hybridized carbons (Fsp3) is 0.750. The van der Waals surface area contributed by atoms with Gasteiger partial charge in [-0.1, -0.05) is 6.92 Å². The molecule has 0 aromatic carbocycles. The average molecular weight is 337 g/mol. The number of fused-ring (bicyclic) bond motifs is 1. The molecule has 3 rings (SSSR count). The van der Waals surface area contributed by atoms with Crippen molar-refractivity contribution in [2.75, 3.05) is 6.61 Å². The van der Waals surface area contributed by atoms with Crippen LogP contribution in [0.1, 0.15) is 33.6 Å². The van der Waals surface area contributed by atoms with Gasteiger partial charge in [0.1, 0.15) is 12.2 Å². The van der Waals surface area contributed by atoms with Crippen LogP contribution in [0.4, 0.5) is 0 Å². The quantitative estimate of drug-likeness (QED) is 0.526. The fourth-order valence-electron chi connectivity index (χ4n) is 3.23. The van der Waals surface area contributed by atoms with Crippen LogP contribution in [0.2, 0.25) is 0 Å². The molecule has 0 aromatic heterocycles. The largest absolute Gasteiger partial charge is 0.454 e. The highest BCUT2D eigenvalue weighted by Crippen LogP contribution is 2.54. The molecule has 0 spiro atoms. The zero-order chi connectivity index (χ0) is 17.7. The number of ether oxygens (including phenoxy) is 4. The van der Waals surface area contributed by atoms with E-state index in [-0.39, 0.29) is 6.42 Å². The summed E-state index contributed by atoms with van der Waals surface area (Å²) in [7, 11) is 0. The minimum atomic E-state index is -1.28. The van der Waals surface area contributed by atoms with E-state index in [9.17, 15) is 19.6 Å². The summed E-state index contributed by atoms with van der Waals surface area (Å²) in [5.41, 5.74) is -1.96. The van der Waals surface area contributed by atoms with Crippen LogP contribution in [0.15, 0.2) is 0 Å². The summed E-state index contributed by atoms with van der Waals surface area (Å²) in [5.74, 6) is -1.85. The highest BCUT2D eigenvalue weighted by molar-refractivity contribution is 5.85. The highest BCUT2D eigenvalue weighted by atomic mass is 16.7. The summed E-state index contributed by atoms with van der Waals surface area (Å²) in [6, 6.07) is 1.98. The lowest BCUT2D eigenvalue weighted by molar-refractivity contribution is -0.172. The van der Waals surface area contributed by atoms with Crippen molar-refractivity contribution in [2.45, 2.75) is 58.0 Å². The molecule has 5 unspecified atom stereocenters. The summed E-state index contributed by atoms with van der Waals surface area (Å²) in [4.78, 5) is 35.7. The predicted molar refractivity (Wildman–Crippen MR) is 76.1 cm³/mol. The summed E-state index contributed by atoms with van der Waals surface area (Å²) < 4.78 is 21.0. The van der Waals surface area contributed by atoms with Crippen molar-refractivity contribution >= 4 is 17.9 Å². The maximum Gasteiger partial charge on any atom is 0.344 e. The lowest BCUT2D eigenvalue weighted by Crippen LogP contribution is -2.44. The Bertz CT molecular complexity index is 637. The first-order valence-corrected chi connectivity index (χ1v) is 7.89. The van der Waals surface area contributed by atoms with Crippen molar-refractivity contribution in [3.63, 3.8) is 0 Å². The van der Waals surface area contributed by atoms with E-state index in [0.29, 0.717) is 6.42 Å². The second kappa shape index (κ2) is 5.45. The Hall–Kier alpha value is -2.14. The molecule has 8 heteroatoms. The minimum absolute atomic E-state index is 0.143. The molecule has 3 saturated heterocycles. The van der Waals surface area contributed by atoms with E-state index in [1.807, 2.05) is 13.0 Å². The SMILES string of the molecule is CCC(C)(C)C(=O)OCC(=O)OC1C2CC3(C#N)C(=O)OC1C3O2. The smallest absolute Gasteiger partial charge is 0.344 e. The first kappa shape index (κ1) is 16.7. The summed E-state index contributed by atoms with van der Waals surface area (Å²) in [6.45, 7) is 4.79. The molecule has 3 fully saturated rings. The second-order valence-corrected chi connectivity index (χ2v) is 7.02. The van der Waals surface area contributed by atoms with Crippen molar-refractivity contribution in [3.8, 4) is 6.07 Å². The Balaban J connectivity index is 1.57. The molecule has 5 atom stereocenters. The topological polar surface area (TPSA) is 112 Å². The Labute approximate surface area is 139 Å². The number of carbonyl (C=O) groups excluding carboxylic acids is 3. The van der Waals surface area contributed by atoms with E-state index >= 15 is 0 Å². The Morgan fingerprint density at radius 3 is 2.79 bits per heavy atom. The van der Waals surface area contributed by atoms with Crippen LogP contribution in [0, 0.1) is 22.2 Å². The Morgan fingerprint density at radius 2 is 2.17 bits per heavy atom. The van der Waals surface area contributed by atoms with Gasteiger partial charge >= 0.3 is 17.9 Å². The summed E-state index contributed by atoms with van der Waals surface area (Å²) in [6.07, 6.45) is -2.09. The molecule has 3 aliphatic heterocycles. The van der Waals surface area contributed by atoms with Crippen LogP contribution >= 0.6 is 0 Å². The molecular formula is C16H19NO7. The third kappa shape index (κ3) is 2.26. The van der Waals surface area contributed by atoms with Crippen LogP contribution in [-0.2, 0) is 33.3 Å². The average Bonchev–Trinajstić information content (AvgIpc) is 3.14. The van der Waals surface area contributed by atoms with E-state index in [1.54, 1.807) is 13.8 Å². The molecule has 0 aliphatic carbocycles. The number of hydrogen-bond acceptors (Lipinski definition) is 8. The van der Waals surface area contributed by atoms with Gasteiger partial charge in [0.2, 0.25) is 0 Å². The van der Waals surface area contributed by atoms with Crippen molar-refractivity contribution in [2.24, 2.45) is 10.8 Å². The molecule has 3 aliphatic rings. The van der Waals surface area contributed by atoms with E-state index < -0.39 is 59.8 Å². The zero-order valence-corrected chi connectivity index (χ0v) is 13.7. The molecule has 0 amide bonds. The Morgan fingerprint density at radius 1 is 1.46 bits per heavy atom. The normalized spacial score (nSPS) is 36.2. The van der Waals surface area contributed by atoms with Crippen LogP contribution < -0.4 is 0 Å². The van der Waals surface area contributed by atoms with Crippen LogP contribution in [0.3, 0.4) is 0 Å². The lowest BCUT2D eigenvalue weighted by atomic mass is 9.75. The molecule has 3 heterocycles. The third-order valence-electron chi connectivity index (χ3n) is 5.15. The van der Waals surface area contributed by atoms with E-state index in [2.05, 4.69) is 0 Å². The van der Waals surface area contributed by atoms with Crippen LogP contribution in [0.5, 0.6) is 0 Å². The summed E-state index contributed by atoms with van der Waals surface area (Å²) in [5, 5.41) is 9.25. The molecule has 2 bridgehead atoms. The zero-order valence-electron chi connectivity index (χ0n) is 13.7. The number of rotatable bonds is 5. The molecule has 0 aromatic rings. The van der Waals surface area contributed by atoms with Gasteiger partial charge < -0.3 is 18.9 Å². The fourth-order valence-corrected chi connectivity index (χ4v) is 3.23. The van der Waals surface area contributed by atoms with Crippen LogP contribution in [0.25, 0.3) is 0 Å². The number of hydrogen-bond donors (Lipinski definition) is 0. The Kier molecular flexibility index (Phi) is 3.79. The molecule has 8 nitrogen and oxygen atoms in total. The van der Waals surface area contributed by atoms with Gasteiger partial charge in [0.25, 0.3) is 0 Å². The van der Waals surface area contributed by atoms with Crippen molar-refractivity contribution in [1.29, 1.82) is 5.26 Å². The van der Waals surface area contributed by atoms with Gasteiger partial charge in [0.05, 0.1) is 11.5 Å². The monoisotopic (exact) mass is 337 g/mol. The summed E-state index contributed by atoms with van der Waals surface area (Å²) >= 11 is 0. The predicted octanol–water partition coefficient (Wildman–Crippen LogP) is 0.484. The van der Waals surface area contributed by atoms with E-state index in [4.69, 9.17) is 18.9 Å². The number of carbonyl (C=O) groups is 3. The lowest BCUT2D eigenvalue weighted by Gasteiger charge is -2.25. The van der Waals surface area contributed by atoms with Gasteiger partial charge in [-0.3, -0.25) is 9.59 Å². The van der Waals surface area contributed by atoms with Gasteiger partial charge in [-0.15, -0.1) is 0 Å². The minimum Gasteiger partial charge on any atom is -0.454 e. The van der Waals surface area contributed by atoms with Crippen molar-refractivity contribution < 1.29 is 33.3 Å². The number of esters is 3. The van der Waals surface area contributed by atoms with Gasteiger partial charge in [-0.2, -0.15) is 5.26 Å². The van der Waals surface area contributed by atoms with E-state index in [0.717, 1.165) is 0 Å². The van der Waals surface area contributed by atoms with Crippen LogP contribution in [-0.4, -0.2) is 48.9 Å². The molecular weight excluding hydrogens is 318 g/mol. The molecule has 0 N–H and O–H groups in total. The van der Waals surface area contributed by atoms with Crippen molar-refractivity contribution in [1.82, 2.24) is 0 Å². The second-order valence-electron chi connectivity index (χ2n) is 7.02. The number of nitriles is 1. The van der Waals surface area contributed by atoms with Gasteiger partial charge in [0.15, 0.2) is 24.2 Å². The maximum absolute atomic E-state index is 11.9. The highest BCUT2D eigenvalue weighted by Gasteiger charge is 2.74. The van der Waals surface area contributed by atoms with Gasteiger partial charge in [-0.25, -0.2) is 4.79 Å². The molecule has 0 radical (unpaired) electrons. The van der Waals surface area contributed by atoms with Crippen molar-refractivity contribution in [3.05, 3.63) is 0 Å². The maximum atomic E-state index is 11.9. The standard InChI is InChI=1S/C16H19NO7/c1-4-15(2,3)13(19)21-6-9(18)23-10-8-5-16(7-17)12(22-8)11(10)24-14(16)20/h8,10-12H,4-6H2,1-3H3. The first-order valence-electron chi connectivity index (χ1n) is 7.89.